The van der Waals surface area contributed by atoms with Crippen LogP contribution in [0.2, 0.25) is 0 Å². The van der Waals surface area contributed by atoms with E-state index >= 15 is 0 Å². The standard InChI is InChI=1S/C28H30N2O6S.C25H26N2O4S.C3H5BrO2.CH2O3.2K.H/c1-6-17-29(21(3)18-27(31)35-4)24-15-16-25(23-13-9-8-12-22(23)24)30(19-28(32)36-5)37(33,34)26-14-10-7-11-20(26)2;1-5-16-27(19(3)17-25(28)31-4)23-15-14-22(20-11-7-8-12-21(20)23)26-32(29,30)24-13-9-6-10-18(24)2;1-6-3(5)2-4;2-1-4-3;;;/h1,7-16,21H,17-19H2,2-5H3;1,6-15,19,26H,16-17H2,2-4H3;2H2,1H3;1,3H;;;/q;;;;2*+1;-1/p-1/t21-;19-;;;;;/m00...../s1. The molecular weight excluding hydrogens is 1200 g/mol. The van der Waals surface area contributed by atoms with Crippen LogP contribution in [-0.2, 0) is 67.9 Å². The third kappa shape index (κ3) is 21.4. The predicted octanol–water partition coefficient (Wildman–Crippen LogP) is 1.36. The number of halogens is 1. The van der Waals surface area contributed by atoms with Gasteiger partial charge in [0.25, 0.3) is 26.5 Å². The molecule has 0 radical (unpaired) electrons. The van der Waals surface area contributed by atoms with E-state index in [1.54, 1.807) is 86.6 Å². The number of nitrogens with one attached hydrogen (secondary N) is 1. The normalized spacial score (nSPS) is 11.0. The largest absolute Gasteiger partial charge is 1.00 e. The summed E-state index contributed by atoms with van der Waals surface area (Å²) in [4.78, 5) is 61.5. The van der Waals surface area contributed by atoms with E-state index < -0.39 is 32.6 Å². The van der Waals surface area contributed by atoms with Crippen molar-refractivity contribution in [2.24, 2.45) is 0 Å². The molecule has 0 unspecified atom stereocenters. The van der Waals surface area contributed by atoms with Gasteiger partial charge in [-0.1, -0.05) is 113 Å². The number of anilines is 4. The van der Waals surface area contributed by atoms with Gasteiger partial charge in [0.15, 0.2) is 0 Å². The van der Waals surface area contributed by atoms with E-state index in [0.29, 0.717) is 33.3 Å². The molecule has 0 saturated heterocycles. The molecule has 0 aliphatic rings. The Hall–Kier alpha value is -4.88. The zero-order valence-electron chi connectivity index (χ0n) is 47.8. The molecule has 0 aliphatic heterocycles. The Balaban J connectivity index is 0.00000134. The van der Waals surface area contributed by atoms with E-state index in [9.17, 15) is 36.0 Å². The molecule has 19 nitrogen and oxygen atoms in total. The molecule has 6 aromatic carbocycles. The Kier molecular flexibility index (Phi) is 34.2. The summed E-state index contributed by atoms with van der Waals surface area (Å²) in [5, 5.41) is 11.6. The summed E-state index contributed by atoms with van der Waals surface area (Å²) in [5.74, 6) is 3.64. The van der Waals surface area contributed by atoms with Gasteiger partial charge in [0.2, 0.25) is 0 Å². The molecule has 0 saturated carbocycles. The zero-order chi connectivity index (χ0) is 58.9. The smallest absolute Gasteiger partial charge is 1.00 e. The van der Waals surface area contributed by atoms with Crippen LogP contribution in [0.15, 0.2) is 131 Å². The van der Waals surface area contributed by atoms with Gasteiger partial charge in [0.05, 0.1) is 75.5 Å². The second kappa shape index (κ2) is 37.3. The average Bonchev–Trinajstić information content (AvgIpc) is 3.59. The summed E-state index contributed by atoms with van der Waals surface area (Å²) in [6.45, 7) is 7.04. The van der Waals surface area contributed by atoms with Crippen molar-refractivity contribution in [1.82, 2.24) is 0 Å². The second-order valence-corrected chi connectivity index (χ2v) is 20.9. The van der Waals surface area contributed by atoms with Crippen LogP contribution < -0.4 is 127 Å². The number of carbonyl (C=O) groups is 5. The summed E-state index contributed by atoms with van der Waals surface area (Å²) in [7, 11) is -2.66. The number of methoxy groups -OCH3 is 4. The molecule has 2 atom stereocenters. The summed E-state index contributed by atoms with van der Waals surface area (Å²) < 4.78 is 76.3. The van der Waals surface area contributed by atoms with Crippen molar-refractivity contribution >= 4 is 111 Å². The van der Waals surface area contributed by atoms with E-state index in [-0.39, 0.29) is 182 Å². The van der Waals surface area contributed by atoms with E-state index in [1.807, 2.05) is 66.1 Å². The van der Waals surface area contributed by atoms with Gasteiger partial charge in [0.1, 0.15) is 11.9 Å². The first-order valence-electron chi connectivity index (χ1n) is 23.8. The van der Waals surface area contributed by atoms with Gasteiger partial charge < -0.3 is 40.3 Å². The second-order valence-electron chi connectivity index (χ2n) is 16.9. The van der Waals surface area contributed by atoms with Crippen molar-refractivity contribution in [3.8, 4) is 24.7 Å². The zero-order valence-corrected chi connectivity index (χ0v) is 56.3. The first-order valence-corrected chi connectivity index (χ1v) is 27.9. The van der Waals surface area contributed by atoms with Crippen molar-refractivity contribution < 1.29 is 174 Å². The molecule has 6 rings (SSSR count). The number of terminal acetylenes is 2. The first-order chi connectivity index (χ1) is 37.7. The summed E-state index contributed by atoms with van der Waals surface area (Å²) in [6, 6.07) is 34.6. The molecular formula is C57H63BrK2N4O15S2. The summed E-state index contributed by atoms with van der Waals surface area (Å²) in [6.07, 6.45) is 11.5. The van der Waals surface area contributed by atoms with Gasteiger partial charge in [-0.3, -0.25) is 33.0 Å². The number of sulfonamides is 2. The quantitative estimate of drug-likeness (QED) is 0.0166. The Morgan fingerprint density at radius 3 is 1.37 bits per heavy atom. The van der Waals surface area contributed by atoms with Crippen LogP contribution >= 0.6 is 15.9 Å². The molecule has 0 fully saturated rings. The summed E-state index contributed by atoms with van der Waals surface area (Å²) >= 11 is 2.90. The molecule has 0 bridgehead atoms. The van der Waals surface area contributed by atoms with Crippen LogP contribution in [0, 0.1) is 38.5 Å². The van der Waals surface area contributed by atoms with E-state index in [1.165, 1.54) is 34.5 Å². The van der Waals surface area contributed by atoms with Crippen molar-refractivity contribution in [3.63, 3.8) is 0 Å². The van der Waals surface area contributed by atoms with Crippen LogP contribution in [0.25, 0.3) is 21.5 Å². The van der Waals surface area contributed by atoms with Gasteiger partial charge in [-0.25, -0.2) is 16.8 Å². The number of nitrogens with zero attached hydrogens (tertiary/aromatic N) is 3. The van der Waals surface area contributed by atoms with E-state index in [4.69, 9.17) is 37.1 Å². The molecule has 1 N–H and O–H groups in total. The average molecular weight is 1270 g/mol. The van der Waals surface area contributed by atoms with Crippen LogP contribution in [0.1, 0.15) is 39.2 Å². The predicted molar refractivity (Wildman–Crippen MR) is 306 cm³/mol. The maximum atomic E-state index is 13.9. The molecule has 0 aliphatic carbocycles. The molecule has 24 heteroatoms. The summed E-state index contributed by atoms with van der Waals surface area (Å²) in [5.41, 5.74) is 3.53. The maximum Gasteiger partial charge on any atom is 1.00 e. The number of fused-ring (bicyclic) bond motifs is 2. The number of hydrogen-bond acceptors (Lipinski definition) is 17. The van der Waals surface area contributed by atoms with Crippen LogP contribution in [0.3, 0.4) is 0 Å². The number of aryl methyl sites for hydroxylation is 2. The van der Waals surface area contributed by atoms with Crippen molar-refractivity contribution in [1.29, 1.82) is 0 Å². The fourth-order valence-corrected chi connectivity index (χ4v) is 11.2. The van der Waals surface area contributed by atoms with Gasteiger partial charge in [-0.15, -0.1) is 12.8 Å². The Morgan fingerprint density at radius 2 is 0.975 bits per heavy atom. The Labute approximate surface area is 569 Å². The first kappa shape index (κ1) is 74.1. The molecule has 0 aromatic heterocycles. The van der Waals surface area contributed by atoms with Crippen LogP contribution in [0.5, 0.6) is 0 Å². The fraction of sp³-hybridized carbons (Fsp3) is 0.281. The third-order valence-electron chi connectivity index (χ3n) is 11.8. The van der Waals surface area contributed by atoms with Crippen molar-refractivity contribution in [2.75, 3.05) is 72.2 Å². The Morgan fingerprint density at radius 1 is 0.605 bits per heavy atom. The minimum Gasteiger partial charge on any atom is -1.00 e. The fourth-order valence-electron chi connectivity index (χ4n) is 7.94. The number of alkyl halides is 1. The van der Waals surface area contributed by atoms with E-state index in [0.717, 1.165) is 26.5 Å². The maximum absolute atomic E-state index is 13.9. The van der Waals surface area contributed by atoms with Gasteiger partial charge in [-0.2, -0.15) is 0 Å². The van der Waals surface area contributed by atoms with Gasteiger partial charge >= 0.3 is 127 Å². The number of esters is 4. The molecule has 422 valence electrons. The number of hydrogen-bond donors (Lipinski definition) is 1. The SMILES string of the molecule is C#CCN(c1ccc(N(CC(=O)OC)S(=O)(=O)c2ccccc2C)c2ccccc12)[C@@H](C)CC(=O)OC.C#CCN(c1ccc(NS(=O)(=O)c2ccccc2C)c2ccccc12)[C@@H](C)CC(=O)OC.COC(=O)CBr.O=CO[O-].[H-].[K+].[K+]. The molecule has 81 heavy (non-hydrogen) atoms. The number of ether oxygens (including phenoxy) is 4. The minimum absolute atomic E-state index is 0. The number of rotatable bonds is 20. The topological polar surface area (TPSA) is 245 Å². The van der Waals surface area contributed by atoms with Crippen molar-refractivity contribution in [3.05, 3.63) is 132 Å². The molecule has 0 spiro atoms. The van der Waals surface area contributed by atoms with Gasteiger partial charge in [0, 0.05) is 45.0 Å². The van der Waals surface area contributed by atoms with Gasteiger partial charge in [-0.05, 0) is 75.2 Å². The number of carbonyl (C=O) groups excluding carboxylic acids is 5. The minimum atomic E-state index is -4.13. The van der Waals surface area contributed by atoms with E-state index in [2.05, 4.69) is 42.1 Å². The molecule has 0 heterocycles. The number of benzene rings is 6. The third-order valence-corrected chi connectivity index (χ3v) is 15.7. The molecule has 6 aromatic rings. The monoisotopic (exact) mass is 1260 g/mol. The van der Waals surface area contributed by atoms with Crippen LogP contribution in [0.4, 0.5) is 22.7 Å². The van der Waals surface area contributed by atoms with Crippen molar-refractivity contribution in [2.45, 2.75) is 62.4 Å². The Bertz CT molecular complexity index is 3400. The van der Waals surface area contributed by atoms with Crippen LogP contribution in [-0.4, -0.2) is 113 Å². The molecule has 0 amide bonds.